The van der Waals surface area contributed by atoms with Crippen LogP contribution in [0.5, 0.6) is 5.75 Å². The molecule has 0 amide bonds. The Morgan fingerprint density at radius 3 is 2.94 bits per heavy atom. The van der Waals surface area contributed by atoms with Crippen LogP contribution in [0.3, 0.4) is 0 Å². The van der Waals surface area contributed by atoms with Crippen molar-refractivity contribution >= 4 is 10.9 Å². The Labute approximate surface area is 94.5 Å². The second-order valence-corrected chi connectivity index (χ2v) is 3.87. The maximum absolute atomic E-state index is 5.73. The molecule has 2 rings (SSSR count). The van der Waals surface area contributed by atoms with E-state index in [0.29, 0.717) is 6.42 Å². The Kier molecular flexibility index (Phi) is 3.01. The van der Waals surface area contributed by atoms with E-state index in [1.807, 2.05) is 31.3 Å². The molecule has 0 aliphatic heterocycles. The zero-order valence-corrected chi connectivity index (χ0v) is 9.47. The van der Waals surface area contributed by atoms with Crippen LogP contribution in [-0.4, -0.2) is 23.1 Å². The highest BCUT2D eigenvalue weighted by atomic mass is 16.5. The minimum absolute atomic E-state index is 0.0622. The van der Waals surface area contributed by atoms with Gasteiger partial charge in [0.2, 0.25) is 0 Å². The van der Waals surface area contributed by atoms with Crippen molar-refractivity contribution in [1.82, 2.24) is 9.97 Å². The van der Waals surface area contributed by atoms with E-state index in [-0.39, 0.29) is 6.04 Å². The molecule has 0 saturated carbocycles. The van der Waals surface area contributed by atoms with Gasteiger partial charge in [-0.2, -0.15) is 0 Å². The lowest BCUT2D eigenvalue weighted by molar-refractivity contribution is 0.418. The number of para-hydroxylation sites is 1. The number of aromatic nitrogens is 2. The highest BCUT2D eigenvalue weighted by Gasteiger charge is 2.06. The van der Waals surface area contributed by atoms with Crippen molar-refractivity contribution in [3.8, 4) is 5.75 Å². The number of hydrogen-bond donors (Lipinski definition) is 1. The summed E-state index contributed by atoms with van der Waals surface area (Å²) in [6.07, 6.45) is 2.48. The third-order valence-corrected chi connectivity index (χ3v) is 2.35. The number of hydrogen-bond acceptors (Lipinski definition) is 4. The second kappa shape index (κ2) is 4.45. The molecular formula is C12H15N3O. The first-order valence-electron chi connectivity index (χ1n) is 5.25. The van der Waals surface area contributed by atoms with Crippen LogP contribution in [0.1, 0.15) is 12.7 Å². The molecule has 0 bridgehead atoms. The minimum Gasteiger partial charge on any atom is -0.494 e. The molecule has 4 heteroatoms. The zero-order valence-electron chi connectivity index (χ0n) is 9.47. The summed E-state index contributed by atoms with van der Waals surface area (Å²) in [4.78, 5) is 8.75. The molecule has 2 aromatic rings. The number of nitrogens with zero attached hydrogens (tertiary/aromatic N) is 2. The summed E-state index contributed by atoms with van der Waals surface area (Å²) in [6, 6.07) is 5.85. The number of methoxy groups -OCH3 is 1. The third-order valence-electron chi connectivity index (χ3n) is 2.35. The van der Waals surface area contributed by atoms with Crippen LogP contribution in [0.2, 0.25) is 0 Å². The molecule has 1 atom stereocenters. The number of nitrogens with two attached hydrogens (primary N) is 1. The van der Waals surface area contributed by atoms with Crippen LogP contribution in [0, 0.1) is 0 Å². The summed E-state index contributed by atoms with van der Waals surface area (Å²) in [7, 11) is 1.64. The molecule has 1 aromatic carbocycles. The summed E-state index contributed by atoms with van der Waals surface area (Å²) >= 11 is 0. The molecule has 1 aromatic heterocycles. The first kappa shape index (κ1) is 10.8. The molecule has 2 N–H and O–H groups in total. The van der Waals surface area contributed by atoms with Crippen molar-refractivity contribution in [2.75, 3.05) is 7.11 Å². The Hall–Kier alpha value is -1.68. The van der Waals surface area contributed by atoms with Gasteiger partial charge < -0.3 is 10.5 Å². The Morgan fingerprint density at radius 2 is 2.25 bits per heavy atom. The van der Waals surface area contributed by atoms with Gasteiger partial charge in [0.05, 0.1) is 7.11 Å². The molecule has 0 aliphatic carbocycles. The number of ether oxygens (including phenoxy) is 1. The predicted molar refractivity (Wildman–Crippen MR) is 63.4 cm³/mol. The van der Waals surface area contributed by atoms with Gasteiger partial charge in [-0.15, -0.1) is 0 Å². The largest absolute Gasteiger partial charge is 0.494 e. The fourth-order valence-electron chi connectivity index (χ4n) is 1.62. The quantitative estimate of drug-likeness (QED) is 0.847. The molecule has 16 heavy (non-hydrogen) atoms. The minimum atomic E-state index is 0.0622. The Balaban J connectivity index is 2.50. The molecule has 0 radical (unpaired) electrons. The van der Waals surface area contributed by atoms with Gasteiger partial charge in [-0.05, 0) is 13.0 Å². The Morgan fingerprint density at radius 1 is 1.44 bits per heavy atom. The van der Waals surface area contributed by atoms with Crippen molar-refractivity contribution in [3.05, 3.63) is 30.2 Å². The summed E-state index contributed by atoms with van der Waals surface area (Å²) in [5, 5.41) is 0.979. The first-order chi connectivity index (χ1) is 7.70. The van der Waals surface area contributed by atoms with E-state index < -0.39 is 0 Å². The summed E-state index contributed by atoms with van der Waals surface area (Å²) in [5.41, 5.74) is 6.57. The van der Waals surface area contributed by atoms with E-state index in [4.69, 9.17) is 10.5 Å². The van der Waals surface area contributed by atoms with E-state index in [9.17, 15) is 0 Å². The molecule has 0 saturated heterocycles. The van der Waals surface area contributed by atoms with Gasteiger partial charge >= 0.3 is 0 Å². The maximum Gasteiger partial charge on any atom is 0.145 e. The van der Waals surface area contributed by atoms with Gasteiger partial charge in [-0.3, -0.25) is 0 Å². The zero-order chi connectivity index (χ0) is 11.5. The fraction of sp³-hybridized carbons (Fsp3) is 0.333. The topological polar surface area (TPSA) is 61.0 Å². The maximum atomic E-state index is 5.73. The lowest BCUT2D eigenvalue weighted by atomic mass is 10.2. The number of benzene rings is 1. The van der Waals surface area contributed by atoms with Gasteiger partial charge in [0.15, 0.2) is 0 Å². The van der Waals surface area contributed by atoms with E-state index in [0.717, 1.165) is 22.5 Å². The molecule has 0 spiro atoms. The van der Waals surface area contributed by atoms with Crippen molar-refractivity contribution in [2.45, 2.75) is 19.4 Å². The van der Waals surface area contributed by atoms with Crippen LogP contribution < -0.4 is 10.5 Å². The van der Waals surface area contributed by atoms with Crippen molar-refractivity contribution in [1.29, 1.82) is 0 Å². The summed E-state index contributed by atoms with van der Waals surface area (Å²) in [5.74, 6) is 1.53. The third kappa shape index (κ3) is 2.12. The monoisotopic (exact) mass is 217 g/mol. The molecule has 0 fully saturated rings. The van der Waals surface area contributed by atoms with Crippen LogP contribution >= 0.6 is 0 Å². The van der Waals surface area contributed by atoms with Gasteiger partial charge in [0, 0.05) is 24.0 Å². The van der Waals surface area contributed by atoms with Crippen molar-refractivity contribution in [3.63, 3.8) is 0 Å². The number of fused-ring (bicyclic) bond motifs is 1. The lowest BCUT2D eigenvalue weighted by Crippen LogP contribution is -2.19. The Bertz CT molecular complexity index is 497. The SMILES string of the molecule is COc1cccc2cnc(CC(C)N)nc12. The highest BCUT2D eigenvalue weighted by Crippen LogP contribution is 2.22. The van der Waals surface area contributed by atoms with E-state index in [1.54, 1.807) is 7.11 Å². The standard InChI is InChI=1S/C12H15N3O/c1-8(13)6-11-14-7-9-4-3-5-10(16-2)12(9)15-11/h3-5,7-8H,6,13H2,1-2H3. The van der Waals surface area contributed by atoms with Crippen molar-refractivity contribution in [2.24, 2.45) is 5.73 Å². The highest BCUT2D eigenvalue weighted by molar-refractivity contribution is 5.83. The van der Waals surface area contributed by atoms with E-state index >= 15 is 0 Å². The lowest BCUT2D eigenvalue weighted by Gasteiger charge is -2.07. The van der Waals surface area contributed by atoms with Crippen LogP contribution in [-0.2, 0) is 6.42 Å². The fourth-order valence-corrected chi connectivity index (χ4v) is 1.62. The summed E-state index contributed by atoms with van der Waals surface area (Å²) < 4.78 is 5.27. The first-order valence-corrected chi connectivity index (χ1v) is 5.25. The average molecular weight is 217 g/mol. The molecular weight excluding hydrogens is 202 g/mol. The van der Waals surface area contributed by atoms with E-state index in [1.165, 1.54) is 0 Å². The van der Waals surface area contributed by atoms with Crippen LogP contribution in [0.25, 0.3) is 10.9 Å². The van der Waals surface area contributed by atoms with Gasteiger partial charge in [-0.1, -0.05) is 12.1 Å². The molecule has 4 nitrogen and oxygen atoms in total. The van der Waals surface area contributed by atoms with E-state index in [2.05, 4.69) is 9.97 Å². The second-order valence-electron chi connectivity index (χ2n) is 3.87. The molecule has 1 unspecified atom stereocenters. The van der Waals surface area contributed by atoms with Crippen LogP contribution in [0.4, 0.5) is 0 Å². The molecule has 0 aliphatic rings. The summed E-state index contributed by atoms with van der Waals surface area (Å²) in [6.45, 7) is 1.94. The normalized spacial score (nSPS) is 12.7. The van der Waals surface area contributed by atoms with Gasteiger partial charge in [0.25, 0.3) is 0 Å². The smallest absolute Gasteiger partial charge is 0.145 e. The number of rotatable bonds is 3. The van der Waals surface area contributed by atoms with Gasteiger partial charge in [0.1, 0.15) is 17.1 Å². The predicted octanol–water partition coefficient (Wildman–Crippen LogP) is 1.53. The molecule has 1 heterocycles. The van der Waals surface area contributed by atoms with Crippen molar-refractivity contribution < 1.29 is 4.74 Å². The average Bonchev–Trinajstić information content (AvgIpc) is 2.27. The van der Waals surface area contributed by atoms with Crippen LogP contribution in [0.15, 0.2) is 24.4 Å². The van der Waals surface area contributed by atoms with Gasteiger partial charge in [-0.25, -0.2) is 9.97 Å². The molecule has 84 valence electrons.